The van der Waals surface area contributed by atoms with E-state index in [9.17, 15) is 13.5 Å². The van der Waals surface area contributed by atoms with E-state index < -0.39 is 15.9 Å². The van der Waals surface area contributed by atoms with Gasteiger partial charge in [0.25, 0.3) is 0 Å². The van der Waals surface area contributed by atoms with Crippen LogP contribution in [0.4, 0.5) is 0 Å². The minimum Gasteiger partial charge on any atom is -0.389 e. The monoisotopic (exact) mass is 331 g/mol. The van der Waals surface area contributed by atoms with Crippen LogP contribution in [0.25, 0.3) is 0 Å². The van der Waals surface area contributed by atoms with Crippen LogP contribution in [0.5, 0.6) is 0 Å². The molecule has 0 radical (unpaired) electrons. The van der Waals surface area contributed by atoms with Crippen molar-refractivity contribution in [3.05, 3.63) is 46.3 Å². The molecule has 0 saturated carbocycles. The zero-order valence-corrected chi connectivity index (χ0v) is 13.0. The molecule has 2 N–H and O–H groups in total. The highest BCUT2D eigenvalue weighted by Crippen LogP contribution is 2.10. The van der Waals surface area contributed by atoms with E-state index >= 15 is 0 Å². The minimum atomic E-state index is -3.07. The molecule has 1 aromatic rings. The first-order valence-corrected chi connectivity index (χ1v) is 8.68. The van der Waals surface area contributed by atoms with E-state index in [-0.39, 0.29) is 24.9 Å². The van der Waals surface area contributed by atoms with Crippen molar-refractivity contribution in [3.8, 4) is 0 Å². The van der Waals surface area contributed by atoms with E-state index in [0.29, 0.717) is 11.6 Å². The van der Waals surface area contributed by atoms with Crippen LogP contribution in [0.3, 0.4) is 0 Å². The predicted octanol–water partition coefficient (Wildman–Crippen LogP) is 1.12. The third-order valence-corrected chi connectivity index (χ3v) is 4.69. The maximum absolute atomic E-state index is 11.2. The normalized spacial score (nSPS) is 21.5. The molecule has 0 bridgehead atoms. The van der Waals surface area contributed by atoms with E-state index in [1.165, 1.54) is 5.41 Å². The summed E-state index contributed by atoms with van der Waals surface area (Å²) in [4.78, 5) is 0. The fourth-order valence-electron chi connectivity index (χ4n) is 1.94. The molecule has 0 spiro atoms. The largest absolute Gasteiger partial charge is 0.389 e. The Hall–Kier alpha value is -0.920. The third-order valence-electron chi connectivity index (χ3n) is 3.04. The number of aliphatic hydroxyl groups excluding tert-OH is 1. The fourth-order valence-corrected chi connectivity index (χ4v) is 3.34. The Balaban J connectivity index is 1.63. The summed E-state index contributed by atoms with van der Waals surface area (Å²) in [5.41, 5.74) is 0.976. The number of hydrogen-bond donors (Lipinski definition) is 2. The van der Waals surface area contributed by atoms with Crippen LogP contribution in [0, 0.1) is 0 Å². The van der Waals surface area contributed by atoms with Gasteiger partial charge in [-0.15, -0.1) is 0 Å². The van der Waals surface area contributed by atoms with Gasteiger partial charge in [-0.2, -0.15) is 0 Å². The Morgan fingerprint density at radius 3 is 2.71 bits per heavy atom. The molecule has 2 unspecified atom stereocenters. The van der Waals surface area contributed by atoms with Gasteiger partial charge in [0.15, 0.2) is 9.84 Å². The molecule has 0 aliphatic carbocycles. The molecule has 1 aromatic carbocycles. The standard InChI is InChI=1S/C14H18ClNO4S/c15-12-3-1-11(2-4-12)8-20-9-14(17)7-16-13-5-6-21(18,19)10-13/h1-6,13-14,16-17H,7-10H2. The lowest BCUT2D eigenvalue weighted by Gasteiger charge is -2.15. The number of nitrogens with one attached hydrogen (secondary N) is 1. The van der Waals surface area contributed by atoms with Gasteiger partial charge in [0.2, 0.25) is 0 Å². The average Bonchev–Trinajstić information content (AvgIpc) is 2.78. The summed E-state index contributed by atoms with van der Waals surface area (Å²) in [7, 11) is -3.07. The van der Waals surface area contributed by atoms with Gasteiger partial charge in [0.1, 0.15) is 0 Å². The van der Waals surface area contributed by atoms with Crippen molar-refractivity contribution in [1.82, 2.24) is 5.32 Å². The number of ether oxygens (including phenoxy) is 1. The highest BCUT2D eigenvalue weighted by Gasteiger charge is 2.21. The zero-order chi connectivity index (χ0) is 15.3. The molecule has 0 saturated heterocycles. The van der Waals surface area contributed by atoms with Crippen LogP contribution in [0.15, 0.2) is 35.7 Å². The smallest absolute Gasteiger partial charge is 0.173 e. The molecule has 0 aromatic heterocycles. The fraction of sp³-hybridized carbons (Fsp3) is 0.429. The first kappa shape index (κ1) is 16.5. The second-order valence-electron chi connectivity index (χ2n) is 4.97. The molecule has 5 nitrogen and oxygen atoms in total. The van der Waals surface area contributed by atoms with Crippen molar-refractivity contribution < 1.29 is 18.3 Å². The SMILES string of the molecule is O=S1(=O)C=CC(NCC(O)COCc2ccc(Cl)cc2)C1. The van der Waals surface area contributed by atoms with Crippen molar-refractivity contribution in [3.63, 3.8) is 0 Å². The molecule has 2 rings (SSSR count). The van der Waals surface area contributed by atoms with E-state index in [1.54, 1.807) is 18.2 Å². The Labute approximate surface area is 129 Å². The highest BCUT2D eigenvalue weighted by atomic mass is 35.5. The quantitative estimate of drug-likeness (QED) is 0.783. The Bertz CT molecular complexity index is 585. The molecule has 1 aliphatic rings. The van der Waals surface area contributed by atoms with Gasteiger partial charge in [0.05, 0.1) is 25.1 Å². The number of aliphatic hydroxyl groups is 1. The lowest BCUT2D eigenvalue weighted by Crippen LogP contribution is -2.38. The van der Waals surface area contributed by atoms with Crippen LogP contribution in [0.2, 0.25) is 5.02 Å². The van der Waals surface area contributed by atoms with Crippen molar-refractivity contribution in [2.45, 2.75) is 18.8 Å². The molecule has 2 atom stereocenters. The first-order valence-electron chi connectivity index (χ1n) is 6.59. The van der Waals surface area contributed by atoms with E-state index in [1.807, 2.05) is 12.1 Å². The lowest BCUT2D eigenvalue weighted by molar-refractivity contribution is 0.0284. The number of hydrogen-bond acceptors (Lipinski definition) is 5. The van der Waals surface area contributed by atoms with Crippen LogP contribution in [-0.2, 0) is 21.2 Å². The molecule has 0 amide bonds. The number of benzene rings is 1. The van der Waals surface area contributed by atoms with Gasteiger partial charge >= 0.3 is 0 Å². The lowest BCUT2D eigenvalue weighted by atomic mass is 10.2. The molecule has 1 heterocycles. The molecule has 0 fully saturated rings. The van der Waals surface area contributed by atoms with Crippen LogP contribution >= 0.6 is 11.6 Å². The summed E-state index contributed by atoms with van der Waals surface area (Å²) in [5, 5.41) is 14.6. The molecular formula is C14H18ClNO4S. The maximum Gasteiger partial charge on any atom is 0.173 e. The van der Waals surface area contributed by atoms with Gasteiger partial charge in [0, 0.05) is 23.0 Å². The number of sulfone groups is 1. The van der Waals surface area contributed by atoms with E-state index in [0.717, 1.165) is 5.56 Å². The molecule has 21 heavy (non-hydrogen) atoms. The van der Waals surface area contributed by atoms with Gasteiger partial charge < -0.3 is 15.2 Å². The predicted molar refractivity (Wildman–Crippen MR) is 81.8 cm³/mol. The molecular weight excluding hydrogens is 314 g/mol. The zero-order valence-electron chi connectivity index (χ0n) is 11.4. The Morgan fingerprint density at radius 2 is 2.10 bits per heavy atom. The Morgan fingerprint density at radius 1 is 1.38 bits per heavy atom. The van der Waals surface area contributed by atoms with E-state index in [4.69, 9.17) is 16.3 Å². The van der Waals surface area contributed by atoms with Gasteiger partial charge in [-0.1, -0.05) is 29.8 Å². The van der Waals surface area contributed by atoms with Crippen LogP contribution in [-0.4, -0.2) is 44.6 Å². The van der Waals surface area contributed by atoms with E-state index in [2.05, 4.69) is 5.32 Å². The van der Waals surface area contributed by atoms with Gasteiger partial charge in [-0.05, 0) is 17.7 Å². The topological polar surface area (TPSA) is 75.6 Å². The first-order chi connectivity index (χ1) is 9.94. The summed E-state index contributed by atoms with van der Waals surface area (Å²) in [6.07, 6.45) is 0.908. The molecule has 116 valence electrons. The van der Waals surface area contributed by atoms with Crippen LogP contribution in [0.1, 0.15) is 5.56 Å². The summed E-state index contributed by atoms with van der Waals surface area (Å²) in [5.74, 6) is 0.0470. The molecule has 7 heteroatoms. The van der Waals surface area contributed by atoms with Crippen LogP contribution < -0.4 is 5.32 Å². The summed E-state index contributed by atoms with van der Waals surface area (Å²) >= 11 is 5.78. The summed E-state index contributed by atoms with van der Waals surface area (Å²) in [6.45, 7) is 0.857. The number of rotatable bonds is 7. The van der Waals surface area contributed by atoms with Gasteiger partial charge in [-0.3, -0.25) is 0 Å². The van der Waals surface area contributed by atoms with Crippen molar-refractivity contribution in [2.75, 3.05) is 18.9 Å². The third kappa shape index (κ3) is 5.76. The van der Waals surface area contributed by atoms with Crippen molar-refractivity contribution >= 4 is 21.4 Å². The van der Waals surface area contributed by atoms with Crippen molar-refractivity contribution in [1.29, 1.82) is 0 Å². The minimum absolute atomic E-state index is 0.0470. The molecule has 1 aliphatic heterocycles. The summed E-state index contributed by atoms with van der Waals surface area (Å²) < 4.78 is 27.8. The highest BCUT2D eigenvalue weighted by molar-refractivity contribution is 7.94. The second kappa shape index (κ2) is 7.38. The number of halogens is 1. The van der Waals surface area contributed by atoms with Crippen molar-refractivity contribution in [2.24, 2.45) is 0 Å². The summed E-state index contributed by atoms with van der Waals surface area (Å²) in [6, 6.07) is 7.05. The Kier molecular flexibility index (Phi) is 5.78. The average molecular weight is 332 g/mol. The van der Waals surface area contributed by atoms with Gasteiger partial charge in [-0.25, -0.2) is 8.42 Å². The maximum atomic E-state index is 11.2. The second-order valence-corrected chi connectivity index (χ2v) is 7.34.